The minimum Gasteiger partial charge on any atom is -0.491 e. The van der Waals surface area contributed by atoms with Crippen LogP contribution in [0.25, 0.3) is 0 Å². The molecule has 1 spiro atoms. The number of anilines is 1. The van der Waals surface area contributed by atoms with Gasteiger partial charge in [-0.1, -0.05) is 30.5 Å². The van der Waals surface area contributed by atoms with E-state index in [-0.39, 0.29) is 0 Å². The molecular weight excluding hydrogens is 222 g/mol. The Kier molecular flexibility index (Phi) is 2.47. The van der Waals surface area contributed by atoms with Crippen LogP contribution in [0.2, 0.25) is 5.02 Å². The van der Waals surface area contributed by atoms with Gasteiger partial charge in [0.15, 0.2) is 0 Å². The maximum absolute atomic E-state index is 6.17. The third-order valence-corrected chi connectivity index (χ3v) is 4.13. The number of nitrogens with one attached hydrogen (secondary N) is 1. The van der Waals surface area contributed by atoms with Gasteiger partial charge in [0.1, 0.15) is 5.75 Å². The van der Waals surface area contributed by atoms with Crippen molar-refractivity contribution in [1.82, 2.24) is 0 Å². The third kappa shape index (κ3) is 1.65. The highest BCUT2D eigenvalue weighted by Gasteiger charge is 2.36. The van der Waals surface area contributed by atoms with E-state index in [0.717, 1.165) is 29.6 Å². The molecule has 1 aliphatic carbocycles. The summed E-state index contributed by atoms with van der Waals surface area (Å²) in [5.74, 6) is 0.899. The van der Waals surface area contributed by atoms with E-state index in [1.54, 1.807) is 0 Å². The molecule has 2 nitrogen and oxygen atoms in total. The predicted molar refractivity (Wildman–Crippen MR) is 66.3 cm³/mol. The van der Waals surface area contributed by atoms with E-state index in [0.29, 0.717) is 5.41 Å². The van der Waals surface area contributed by atoms with Gasteiger partial charge < -0.3 is 10.1 Å². The van der Waals surface area contributed by atoms with Crippen molar-refractivity contribution in [3.63, 3.8) is 0 Å². The molecule has 1 heterocycles. The molecular formula is C13H16ClNO. The van der Waals surface area contributed by atoms with Crippen LogP contribution in [0.4, 0.5) is 5.69 Å². The van der Waals surface area contributed by atoms with Crippen LogP contribution in [0.5, 0.6) is 5.75 Å². The van der Waals surface area contributed by atoms with Gasteiger partial charge in [-0.05, 0) is 25.0 Å². The lowest BCUT2D eigenvalue weighted by molar-refractivity contribution is 0.169. The molecule has 2 aliphatic rings. The molecule has 1 saturated carbocycles. The number of rotatable bonds is 0. The quantitative estimate of drug-likeness (QED) is 0.743. The summed E-state index contributed by atoms with van der Waals surface area (Å²) < 4.78 is 5.92. The average Bonchev–Trinajstić information content (AvgIpc) is 2.65. The van der Waals surface area contributed by atoms with Gasteiger partial charge in [0.05, 0.1) is 17.3 Å². The van der Waals surface area contributed by atoms with Crippen molar-refractivity contribution in [1.29, 1.82) is 0 Å². The lowest BCUT2D eigenvalue weighted by atomic mass is 9.87. The van der Waals surface area contributed by atoms with Gasteiger partial charge in [0, 0.05) is 12.0 Å². The number of fused-ring (bicyclic) bond motifs is 1. The van der Waals surface area contributed by atoms with Crippen LogP contribution in [0.15, 0.2) is 18.2 Å². The van der Waals surface area contributed by atoms with Crippen molar-refractivity contribution >= 4 is 17.3 Å². The highest BCUT2D eigenvalue weighted by molar-refractivity contribution is 6.33. The maximum atomic E-state index is 6.17. The third-order valence-electron chi connectivity index (χ3n) is 3.81. The minimum absolute atomic E-state index is 0.336. The van der Waals surface area contributed by atoms with Crippen LogP contribution in [-0.4, -0.2) is 13.2 Å². The maximum Gasteiger partial charge on any atom is 0.143 e. The lowest BCUT2D eigenvalue weighted by Crippen LogP contribution is -2.30. The first-order chi connectivity index (χ1) is 7.79. The van der Waals surface area contributed by atoms with Crippen molar-refractivity contribution in [2.24, 2.45) is 5.41 Å². The minimum atomic E-state index is 0.336. The number of benzene rings is 1. The van der Waals surface area contributed by atoms with Crippen molar-refractivity contribution in [3.05, 3.63) is 23.2 Å². The summed E-state index contributed by atoms with van der Waals surface area (Å²) in [6.45, 7) is 1.82. The Morgan fingerprint density at radius 3 is 2.88 bits per heavy atom. The molecule has 1 N–H and O–H groups in total. The zero-order valence-electron chi connectivity index (χ0n) is 9.26. The molecule has 1 aromatic carbocycles. The van der Waals surface area contributed by atoms with E-state index >= 15 is 0 Å². The van der Waals surface area contributed by atoms with Crippen LogP contribution in [0, 0.1) is 5.41 Å². The van der Waals surface area contributed by atoms with Gasteiger partial charge in [-0.15, -0.1) is 0 Å². The Hall–Kier alpha value is -0.890. The topological polar surface area (TPSA) is 21.3 Å². The normalized spacial score (nSPS) is 22.1. The first-order valence-electron chi connectivity index (χ1n) is 5.94. The molecule has 0 unspecified atom stereocenters. The van der Waals surface area contributed by atoms with E-state index < -0.39 is 0 Å². The van der Waals surface area contributed by atoms with Gasteiger partial charge in [0.25, 0.3) is 0 Å². The van der Waals surface area contributed by atoms with Gasteiger partial charge in [-0.2, -0.15) is 0 Å². The lowest BCUT2D eigenvalue weighted by Gasteiger charge is -2.25. The van der Waals surface area contributed by atoms with E-state index in [9.17, 15) is 0 Å². The molecule has 0 saturated heterocycles. The Bertz CT molecular complexity index is 399. The first kappa shape index (κ1) is 10.3. The molecule has 1 aromatic rings. The monoisotopic (exact) mass is 237 g/mol. The Balaban J connectivity index is 1.89. The van der Waals surface area contributed by atoms with Crippen molar-refractivity contribution in [3.8, 4) is 5.75 Å². The van der Waals surface area contributed by atoms with Crippen molar-refractivity contribution in [2.75, 3.05) is 18.5 Å². The van der Waals surface area contributed by atoms with E-state index in [4.69, 9.17) is 16.3 Å². The number of hydrogen-bond donors (Lipinski definition) is 1. The summed E-state index contributed by atoms with van der Waals surface area (Å²) in [6, 6.07) is 5.83. The van der Waals surface area contributed by atoms with Gasteiger partial charge >= 0.3 is 0 Å². The SMILES string of the molecule is Clc1cccc2c1NCC1(CCCC1)CO2. The largest absolute Gasteiger partial charge is 0.491 e. The fourth-order valence-electron chi connectivity index (χ4n) is 2.80. The average molecular weight is 238 g/mol. The van der Waals surface area contributed by atoms with Gasteiger partial charge in [-0.3, -0.25) is 0 Å². The summed E-state index contributed by atoms with van der Waals surface area (Å²) in [5.41, 5.74) is 1.30. The van der Waals surface area contributed by atoms with Crippen LogP contribution < -0.4 is 10.1 Å². The van der Waals surface area contributed by atoms with Gasteiger partial charge in [0.2, 0.25) is 0 Å². The highest BCUT2D eigenvalue weighted by Crippen LogP contribution is 2.43. The molecule has 1 fully saturated rings. The number of halogens is 1. The Morgan fingerprint density at radius 1 is 1.25 bits per heavy atom. The second kappa shape index (κ2) is 3.85. The van der Waals surface area contributed by atoms with E-state index in [1.807, 2.05) is 18.2 Å². The standard InChI is InChI=1S/C13H16ClNO/c14-10-4-3-5-11-12(10)15-8-13(9-16-11)6-1-2-7-13/h3-5,15H,1-2,6-9H2. The smallest absolute Gasteiger partial charge is 0.143 e. The summed E-state index contributed by atoms with van der Waals surface area (Å²) >= 11 is 6.17. The van der Waals surface area contributed by atoms with E-state index in [1.165, 1.54) is 25.7 Å². The van der Waals surface area contributed by atoms with Gasteiger partial charge in [-0.25, -0.2) is 0 Å². The molecule has 0 aromatic heterocycles. The second-order valence-corrected chi connectivity index (χ2v) is 5.37. The molecule has 3 rings (SSSR count). The summed E-state index contributed by atoms with van der Waals surface area (Å²) in [4.78, 5) is 0. The predicted octanol–water partition coefficient (Wildman–Crippen LogP) is 3.70. The fraction of sp³-hybridized carbons (Fsp3) is 0.538. The molecule has 0 radical (unpaired) electrons. The zero-order valence-corrected chi connectivity index (χ0v) is 10.0. The van der Waals surface area contributed by atoms with Crippen LogP contribution in [0.1, 0.15) is 25.7 Å². The molecule has 0 amide bonds. The number of para-hydroxylation sites is 1. The highest BCUT2D eigenvalue weighted by atomic mass is 35.5. The second-order valence-electron chi connectivity index (χ2n) is 4.96. The van der Waals surface area contributed by atoms with Crippen LogP contribution >= 0.6 is 11.6 Å². The molecule has 16 heavy (non-hydrogen) atoms. The van der Waals surface area contributed by atoms with Crippen LogP contribution in [-0.2, 0) is 0 Å². The summed E-state index contributed by atoms with van der Waals surface area (Å²) in [6.07, 6.45) is 5.20. The van der Waals surface area contributed by atoms with Crippen molar-refractivity contribution < 1.29 is 4.74 Å². The molecule has 86 valence electrons. The Labute approximate surface area is 101 Å². The van der Waals surface area contributed by atoms with Crippen molar-refractivity contribution in [2.45, 2.75) is 25.7 Å². The summed E-state index contributed by atoms with van der Waals surface area (Å²) in [7, 11) is 0. The fourth-order valence-corrected chi connectivity index (χ4v) is 3.03. The first-order valence-corrected chi connectivity index (χ1v) is 6.32. The molecule has 0 bridgehead atoms. The zero-order chi connectivity index (χ0) is 11.0. The molecule has 1 aliphatic heterocycles. The molecule has 3 heteroatoms. The number of ether oxygens (including phenoxy) is 1. The van der Waals surface area contributed by atoms with Crippen LogP contribution in [0.3, 0.4) is 0 Å². The summed E-state index contributed by atoms with van der Waals surface area (Å²) in [5, 5.41) is 4.23. The Morgan fingerprint density at radius 2 is 2.06 bits per heavy atom. The van der Waals surface area contributed by atoms with E-state index in [2.05, 4.69) is 5.32 Å². The number of hydrogen-bond acceptors (Lipinski definition) is 2. The molecule has 0 atom stereocenters.